The Balaban J connectivity index is 2.40. The van der Waals surface area contributed by atoms with Crippen LogP contribution in [0.4, 0.5) is 0 Å². The topological polar surface area (TPSA) is 58.3 Å². The van der Waals surface area contributed by atoms with E-state index in [9.17, 15) is 0 Å². The first-order valence-corrected chi connectivity index (χ1v) is 3.07. The molecule has 1 aromatic rings. The third-order valence-corrected chi connectivity index (χ3v) is 1.19. The molecule has 4 heteroatoms. The number of imidazole rings is 1. The molecule has 0 bridgehead atoms. The maximum Gasteiger partial charge on any atom is 0.0949 e. The van der Waals surface area contributed by atoms with Crippen LogP contribution in [0.1, 0.15) is 0 Å². The van der Waals surface area contributed by atoms with Gasteiger partial charge in [-0.05, 0) is 0 Å². The summed E-state index contributed by atoms with van der Waals surface area (Å²) in [5.41, 5.74) is 0. The van der Waals surface area contributed by atoms with Gasteiger partial charge >= 0.3 is 0 Å². The quantitative estimate of drug-likeness (QED) is 0.583. The zero-order chi connectivity index (χ0) is 7.40. The van der Waals surface area contributed by atoms with Crippen molar-refractivity contribution in [2.45, 2.75) is 12.6 Å². The van der Waals surface area contributed by atoms with E-state index in [1.807, 2.05) is 0 Å². The highest BCUT2D eigenvalue weighted by Crippen LogP contribution is 1.89. The molecular weight excluding hydrogens is 132 g/mol. The van der Waals surface area contributed by atoms with Gasteiger partial charge in [0.05, 0.1) is 25.6 Å². The normalized spacial score (nSPS) is 13.4. The molecule has 1 atom stereocenters. The Morgan fingerprint density at radius 2 is 2.40 bits per heavy atom. The number of nitrogens with zero attached hydrogens (tertiary/aromatic N) is 2. The first-order valence-electron chi connectivity index (χ1n) is 3.07. The van der Waals surface area contributed by atoms with Crippen LogP contribution in [-0.2, 0) is 6.54 Å². The predicted octanol–water partition coefficient (Wildman–Crippen LogP) is -0.764. The van der Waals surface area contributed by atoms with Crippen molar-refractivity contribution in [1.82, 2.24) is 9.55 Å². The largest absolute Gasteiger partial charge is 0.394 e. The number of aromatic nitrogens is 2. The summed E-state index contributed by atoms with van der Waals surface area (Å²) in [5, 5.41) is 17.4. The van der Waals surface area contributed by atoms with Gasteiger partial charge in [-0.3, -0.25) is 0 Å². The zero-order valence-corrected chi connectivity index (χ0v) is 5.51. The van der Waals surface area contributed by atoms with E-state index in [0.717, 1.165) is 0 Å². The summed E-state index contributed by atoms with van der Waals surface area (Å²) in [6.45, 7) is 0.189. The van der Waals surface area contributed by atoms with Crippen LogP contribution >= 0.6 is 0 Å². The highest BCUT2D eigenvalue weighted by Gasteiger charge is 2.00. The molecule has 1 rings (SSSR count). The molecule has 1 heterocycles. The minimum atomic E-state index is -0.686. The van der Waals surface area contributed by atoms with Crippen LogP contribution in [0.3, 0.4) is 0 Å². The van der Waals surface area contributed by atoms with E-state index in [0.29, 0.717) is 6.54 Å². The van der Waals surface area contributed by atoms with Gasteiger partial charge in [0.25, 0.3) is 0 Å². The summed E-state index contributed by atoms with van der Waals surface area (Å²) in [4.78, 5) is 3.78. The van der Waals surface area contributed by atoms with Gasteiger partial charge in [0.15, 0.2) is 0 Å². The SMILES string of the molecule is OC[C@@H](O)Cn1ccnc1. The minimum Gasteiger partial charge on any atom is -0.394 e. The molecule has 0 amide bonds. The van der Waals surface area contributed by atoms with Crippen LogP contribution in [0.15, 0.2) is 18.7 Å². The molecule has 0 aromatic carbocycles. The molecule has 0 spiro atoms. The highest BCUT2D eigenvalue weighted by molar-refractivity contribution is 4.75. The third-order valence-electron chi connectivity index (χ3n) is 1.19. The van der Waals surface area contributed by atoms with E-state index in [1.54, 1.807) is 23.3 Å². The van der Waals surface area contributed by atoms with E-state index < -0.39 is 6.10 Å². The maximum atomic E-state index is 8.93. The van der Waals surface area contributed by atoms with Gasteiger partial charge < -0.3 is 14.8 Å². The summed E-state index contributed by atoms with van der Waals surface area (Å²) in [5.74, 6) is 0. The van der Waals surface area contributed by atoms with Crippen molar-refractivity contribution in [3.63, 3.8) is 0 Å². The lowest BCUT2D eigenvalue weighted by Gasteiger charge is -2.05. The first kappa shape index (κ1) is 7.24. The Morgan fingerprint density at radius 3 is 2.90 bits per heavy atom. The maximum absolute atomic E-state index is 8.93. The van der Waals surface area contributed by atoms with Gasteiger partial charge in [0.2, 0.25) is 0 Å². The van der Waals surface area contributed by atoms with Crippen LogP contribution in [0.2, 0.25) is 0 Å². The van der Waals surface area contributed by atoms with E-state index in [4.69, 9.17) is 10.2 Å². The molecule has 2 N–H and O–H groups in total. The molecular formula is C6H10N2O2. The Morgan fingerprint density at radius 1 is 1.60 bits per heavy atom. The predicted molar refractivity (Wildman–Crippen MR) is 35.3 cm³/mol. The second-order valence-corrected chi connectivity index (χ2v) is 2.10. The van der Waals surface area contributed by atoms with Gasteiger partial charge in [-0.15, -0.1) is 0 Å². The highest BCUT2D eigenvalue weighted by atomic mass is 16.3. The molecule has 0 aliphatic carbocycles. The van der Waals surface area contributed by atoms with Gasteiger partial charge in [-0.2, -0.15) is 0 Å². The lowest BCUT2D eigenvalue weighted by atomic mass is 10.4. The van der Waals surface area contributed by atoms with Gasteiger partial charge in [0, 0.05) is 12.4 Å². The van der Waals surface area contributed by atoms with Crippen LogP contribution in [-0.4, -0.2) is 32.5 Å². The molecule has 0 unspecified atom stereocenters. The number of rotatable bonds is 3. The fourth-order valence-electron chi connectivity index (χ4n) is 0.696. The standard InChI is InChI=1S/C6H10N2O2/c9-4-6(10)3-8-2-1-7-5-8/h1-2,5-6,9-10H,3-4H2/t6-/m0/s1. The molecule has 1 aromatic heterocycles. The Kier molecular flexibility index (Phi) is 2.42. The second kappa shape index (κ2) is 3.34. The summed E-state index contributed by atoms with van der Waals surface area (Å²) >= 11 is 0. The second-order valence-electron chi connectivity index (χ2n) is 2.10. The number of hydrogen-bond donors (Lipinski definition) is 2. The van der Waals surface area contributed by atoms with Crippen LogP contribution in [0, 0.1) is 0 Å². The van der Waals surface area contributed by atoms with Gasteiger partial charge in [-0.1, -0.05) is 0 Å². The van der Waals surface area contributed by atoms with E-state index in [2.05, 4.69) is 4.98 Å². The average molecular weight is 142 g/mol. The smallest absolute Gasteiger partial charge is 0.0949 e. The molecule has 0 fully saturated rings. The fraction of sp³-hybridized carbons (Fsp3) is 0.500. The molecule has 0 aliphatic rings. The van der Waals surface area contributed by atoms with Crippen LogP contribution in [0.5, 0.6) is 0 Å². The van der Waals surface area contributed by atoms with Crippen molar-refractivity contribution in [2.24, 2.45) is 0 Å². The van der Waals surface area contributed by atoms with Crippen LogP contribution < -0.4 is 0 Å². The molecule has 4 nitrogen and oxygen atoms in total. The average Bonchev–Trinajstić information content (AvgIpc) is 2.40. The first-order chi connectivity index (χ1) is 4.83. The third kappa shape index (κ3) is 1.82. The number of aliphatic hydroxyl groups is 2. The van der Waals surface area contributed by atoms with Crippen molar-refractivity contribution in [3.8, 4) is 0 Å². The lowest BCUT2D eigenvalue weighted by molar-refractivity contribution is 0.0812. The van der Waals surface area contributed by atoms with Crippen molar-refractivity contribution >= 4 is 0 Å². The summed E-state index contributed by atoms with van der Waals surface area (Å²) in [6, 6.07) is 0. The molecule has 0 saturated heterocycles. The van der Waals surface area contributed by atoms with E-state index in [1.165, 1.54) is 0 Å². The van der Waals surface area contributed by atoms with E-state index >= 15 is 0 Å². The summed E-state index contributed by atoms with van der Waals surface area (Å²) in [6.07, 6.45) is 4.27. The van der Waals surface area contributed by atoms with Crippen molar-refractivity contribution < 1.29 is 10.2 Å². The Hall–Kier alpha value is -0.870. The molecule has 10 heavy (non-hydrogen) atoms. The number of hydrogen-bond acceptors (Lipinski definition) is 3. The molecule has 0 aliphatic heterocycles. The van der Waals surface area contributed by atoms with Gasteiger partial charge in [-0.25, -0.2) is 4.98 Å². The molecule has 0 saturated carbocycles. The molecule has 56 valence electrons. The lowest BCUT2D eigenvalue weighted by Crippen LogP contribution is -2.18. The van der Waals surface area contributed by atoms with Gasteiger partial charge in [0.1, 0.15) is 0 Å². The zero-order valence-electron chi connectivity index (χ0n) is 5.51. The fourth-order valence-corrected chi connectivity index (χ4v) is 0.696. The van der Waals surface area contributed by atoms with Crippen molar-refractivity contribution in [3.05, 3.63) is 18.7 Å². The monoisotopic (exact) mass is 142 g/mol. The minimum absolute atomic E-state index is 0.210. The number of aliphatic hydroxyl groups excluding tert-OH is 2. The molecule has 0 radical (unpaired) electrons. The Labute approximate surface area is 58.8 Å². The summed E-state index contributed by atoms with van der Waals surface area (Å²) in [7, 11) is 0. The summed E-state index contributed by atoms with van der Waals surface area (Å²) < 4.78 is 1.71. The Bertz CT molecular complexity index is 174. The van der Waals surface area contributed by atoms with Crippen molar-refractivity contribution in [2.75, 3.05) is 6.61 Å². The van der Waals surface area contributed by atoms with Crippen molar-refractivity contribution in [1.29, 1.82) is 0 Å². The van der Waals surface area contributed by atoms with Crippen LogP contribution in [0.25, 0.3) is 0 Å². The van der Waals surface area contributed by atoms with E-state index in [-0.39, 0.29) is 6.61 Å².